The molecular weight excluding hydrogens is 148 g/mol. The smallest absolute Gasteiger partial charge is 0.0576 e. The molecule has 0 aliphatic carbocycles. The van der Waals surface area contributed by atoms with E-state index in [-0.39, 0.29) is 0 Å². The molecule has 0 aromatic carbocycles. The predicted molar refractivity (Wildman–Crippen MR) is 54.3 cm³/mol. The molecule has 0 aromatic rings. The maximum atomic E-state index is 5.39. The van der Waals surface area contributed by atoms with E-state index in [2.05, 4.69) is 34.6 Å². The summed E-state index contributed by atoms with van der Waals surface area (Å²) in [4.78, 5) is 0. The summed E-state index contributed by atoms with van der Waals surface area (Å²) in [5, 5.41) is 0. The van der Waals surface area contributed by atoms with Gasteiger partial charge in [-0.3, -0.25) is 0 Å². The number of ether oxygens (including phenoxy) is 1. The van der Waals surface area contributed by atoms with Crippen LogP contribution in [0.2, 0.25) is 0 Å². The van der Waals surface area contributed by atoms with Gasteiger partial charge in [-0.1, -0.05) is 40.5 Å². The summed E-state index contributed by atoms with van der Waals surface area (Å²) in [5.74, 6) is 0.674. The zero-order valence-electron chi connectivity index (χ0n) is 9.48. The maximum absolute atomic E-state index is 5.39. The lowest BCUT2D eigenvalue weighted by Crippen LogP contribution is -2.32. The van der Waals surface area contributed by atoms with Crippen molar-refractivity contribution in [1.29, 1.82) is 0 Å². The first-order valence-corrected chi connectivity index (χ1v) is 5.02. The fraction of sp³-hybridized carbons (Fsp3) is 1.00. The second-order valence-electron chi connectivity index (χ2n) is 4.30. The van der Waals surface area contributed by atoms with Gasteiger partial charge in [0.25, 0.3) is 0 Å². The molecule has 0 amide bonds. The van der Waals surface area contributed by atoms with Gasteiger partial charge in [-0.2, -0.15) is 0 Å². The third-order valence-corrected chi connectivity index (χ3v) is 3.29. The molecule has 0 aliphatic heterocycles. The van der Waals surface area contributed by atoms with E-state index in [4.69, 9.17) is 4.74 Å². The maximum Gasteiger partial charge on any atom is 0.0576 e. The predicted octanol–water partition coefficient (Wildman–Crippen LogP) is 3.48. The quantitative estimate of drug-likeness (QED) is 0.617. The molecule has 0 saturated carbocycles. The van der Waals surface area contributed by atoms with Gasteiger partial charge in [0.1, 0.15) is 0 Å². The molecule has 0 bridgehead atoms. The van der Waals surface area contributed by atoms with Crippen molar-refractivity contribution in [2.75, 3.05) is 7.11 Å². The topological polar surface area (TPSA) is 9.23 Å². The van der Waals surface area contributed by atoms with Gasteiger partial charge in [0.05, 0.1) is 6.10 Å². The minimum Gasteiger partial charge on any atom is -0.381 e. The summed E-state index contributed by atoms with van der Waals surface area (Å²) in [5.41, 5.74) is 0.407. The fourth-order valence-electron chi connectivity index (χ4n) is 1.95. The molecule has 12 heavy (non-hydrogen) atoms. The highest BCUT2D eigenvalue weighted by atomic mass is 16.5. The highest BCUT2D eigenvalue weighted by Gasteiger charge is 2.30. The Hall–Kier alpha value is -0.0400. The van der Waals surface area contributed by atoms with Crippen LogP contribution in [0.1, 0.15) is 47.5 Å². The van der Waals surface area contributed by atoms with Crippen molar-refractivity contribution in [3.8, 4) is 0 Å². The van der Waals surface area contributed by atoms with Crippen molar-refractivity contribution in [1.82, 2.24) is 0 Å². The van der Waals surface area contributed by atoms with Crippen LogP contribution in [-0.4, -0.2) is 13.2 Å². The Labute approximate surface area is 77.5 Å². The second-order valence-corrected chi connectivity index (χ2v) is 4.30. The lowest BCUT2D eigenvalue weighted by atomic mass is 9.73. The average Bonchev–Trinajstić information content (AvgIpc) is 2.05. The van der Waals surface area contributed by atoms with Gasteiger partial charge in [-0.25, -0.2) is 0 Å². The van der Waals surface area contributed by atoms with Gasteiger partial charge in [-0.05, 0) is 18.3 Å². The Morgan fingerprint density at radius 2 is 1.75 bits per heavy atom. The van der Waals surface area contributed by atoms with Crippen LogP contribution in [0.25, 0.3) is 0 Å². The molecule has 2 unspecified atom stereocenters. The fourth-order valence-corrected chi connectivity index (χ4v) is 1.95. The molecule has 0 radical (unpaired) electrons. The Bertz CT molecular complexity index is 118. The summed E-state index contributed by atoms with van der Waals surface area (Å²) in [6, 6.07) is 0. The first-order valence-electron chi connectivity index (χ1n) is 5.02. The third-order valence-electron chi connectivity index (χ3n) is 3.29. The molecule has 0 fully saturated rings. The number of hydrogen-bond acceptors (Lipinski definition) is 1. The zero-order valence-corrected chi connectivity index (χ0v) is 9.48. The van der Waals surface area contributed by atoms with Crippen LogP contribution in [0.15, 0.2) is 0 Å². The second kappa shape index (κ2) is 4.86. The first kappa shape index (κ1) is 12.0. The highest BCUT2D eigenvalue weighted by molar-refractivity contribution is 4.80. The van der Waals surface area contributed by atoms with Crippen LogP contribution in [0.4, 0.5) is 0 Å². The third kappa shape index (κ3) is 2.78. The molecule has 0 spiro atoms. The van der Waals surface area contributed by atoms with Crippen LogP contribution in [0, 0.1) is 11.3 Å². The van der Waals surface area contributed by atoms with Crippen molar-refractivity contribution in [3.63, 3.8) is 0 Å². The molecule has 1 heteroatoms. The SMILES string of the molecule is CCC(C(C)OC)C(C)(C)CC. The summed E-state index contributed by atoms with van der Waals surface area (Å²) in [6.45, 7) is 11.3. The average molecular weight is 172 g/mol. The minimum atomic E-state index is 0.380. The van der Waals surface area contributed by atoms with Crippen LogP contribution in [0.5, 0.6) is 0 Å². The zero-order chi connectivity index (χ0) is 9.78. The van der Waals surface area contributed by atoms with Gasteiger partial charge in [-0.15, -0.1) is 0 Å². The molecule has 0 saturated heterocycles. The van der Waals surface area contributed by atoms with Crippen LogP contribution < -0.4 is 0 Å². The lowest BCUT2D eigenvalue weighted by Gasteiger charge is -2.36. The molecule has 0 N–H and O–H groups in total. The molecule has 74 valence electrons. The number of hydrogen-bond donors (Lipinski definition) is 0. The van der Waals surface area contributed by atoms with Crippen molar-refractivity contribution in [3.05, 3.63) is 0 Å². The van der Waals surface area contributed by atoms with Gasteiger partial charge in [0, 0.05) is 7.11 Å². The van der Waals surface area contributed by atoms with E-state index in [1.165, 1.54) is 12.8 Å². The van der Waals surface area contributed by atoms with Crippen LogP contribution in [-0.2, 0) is 4.74 Å². The van der Waals surface area contributed by atoms with E-state index >= 15 is 0 Å². The van der Waals surface area contributed by atoms with Gasteiger partial charge in [0.2, 0.25) is 0 Å². The highest BCUT2D eigenvalue weighted by Crippen LogP contribution is 2.35. The summed E-state index contributed by atoms with van der Waals surface area (Å²) < 4.78 is 5.39. The van der Waals surface area contributed by atoms with Crippen LogP contribution >= 0.6 is 0 Å². The normalized spacial score (nSPS) is 17.5. The lowest BCUT2D eigenvalue weighted by molar-refractivity contribution is 0.00716. The standard InChI is InChI=1S/C11H24O/c1-7-10(9(3)12-6)11(4,5)8-2/h9-10H,7-8H2,1-6H3. The molecule has 1 nitrogen and oxygen atoms in total. The van der Waals surface area contributed by atoms with Crippen molar-refractivity contribution in [2.24, 2.45) is 11.3 Å². The first-order chi connectivity index (χ1) is 5.49. The van der Waals surface area contributed by atoms with E-state index in [0.29, 0.717) is 17.4 Å². The van der Waals surface area contributed by atoms with Crippen molar-refractivity contribution >= 4 is 0 Å². The largest absolute Gasteiger partial charge is 0.381 e. The van der Waals surface area contributed by atoms with E-state index in [1.54, 1.807) is 7.11 Å². The summed E-state index contributed by atoms with van der Waals surface area (Å²) in [6.07, 6.45) is 2.81. The molecule has 0 aliphatic rings. The van der Waals surface area contributed by atoms with Gasteiger partial charge >= 0.3 is 0 Å². The van der Waals surface area contributed by atoms with Crippen molar-refractivity contribution in [2.45, 2.75) is 53.6 Å². The van der Waals surface area contributed by atoms with Gasteiger partial charge < -0.3 is 4.74 Å². The van der Waals surface area contributed by atoms with E-state index in [0.717, 1.165) is 0 Å². The Kier molecular flexibility index (Phi) is 4.84. The summed E-state index contributed by atoms with van der Waals surface area (Å²) in [7, 11) is 1.80. The molecule has 2 atom stereocenters. The minimum absolute atomic E-state index is 0.380. The van der Waals surface area contributed by atoms with E-state index in [9.17, 15) is 0 Å². The Morgan fingerprint density at radius 3 is 2.00 bits per heavy atom. The molecule has 0 aromatic heterocycles. The van der Waals surface area contributed by atoms with E-state index in [1.807, 2.05) is 0 Å². The molecular formula is C11H24O. The van der Waals surface area contributed by atoms with Gasteiger partial charge in [0.15, 0.2) is 0 Å². The Balaban J connectivity index is 4.32. The number of methoxy groups -OCH3 is 1. The van der Waals surface area contributed by atoms with Crippen LogP contribution in [0.3, 0.4) is 0 Å². The van der Waals surface area contributed by atoms with E-state index < -0.39 is 0 Å². The molecule has 0 rings (SSSR count). The summed E-state index contributed by atoms with van der Waals surface area (Å²) >= 11 is 0. The Morgan fingerprint density at radius 1 is 1.25 bits per heavy atom. The monoisotopic (exact) mass is 172 g/mol. The van der Waals surface area contributed by atoms with Crippen molar-refractivity contribution < 1.29 is 4.74 Å². The number of rotatable bonds is 5. The molecule has 0 heterocycles.